The van der Waals surface area contributed by atoms with Gasteiger partial charge in [0.1, 0.15) is 5.82 Å². The van der Waals surface area contributed by atoms with Crippen molar-refractivity contribution in [3.63, 3.8) is 0 Å². The number of aromatic amines is 1. The minimum atomic E-state index is -0.0832. The van der Waals surface area contributed by atoms with Crippen LogP contribution in [0.15, 0.2) is 29.1 Å². The van der Waals surface area contributed by atoms with Gasteiger partial charge in [0.15, 0.2) is 0 Å². The summed E-state index contributed by atoms with van der Waals surface area (Å²) in [4.78, 5) is 14.2. The highest BCUT2D eigenvalue weighted by Crippen LogP contribution is 2.27. The summed E-state index contributed by atoms with van der Waals surface area (Å²) in [7, 11) is 0. The molecule has 5 heteroatoms. The molecule has 0 unspecified atom stereocenters. The summed E-state index contributed by atoms with van der Waals surface area (Å²) in [5.74, 6) is 1.91. The molecule has 24 heavy (non-hydrogen) atoms. The first-order valence-corrected chi connectivity index (χ1v) is 9.04. The van der Waals surface area contributed by atoms with Crippen molar-refractivity contribution in [2.75, 3.05) is 13.1 Å². The van der Waals surface area contributed by atoms with Crippen LogP contribution >= 0.6 is 0 Å². The van der Waals surface area contributed by atoms with E-state index in [0.29, 0.717) is 18.4 Å². The largest absolute Gasteiger partial charge is 0.343 e. The molecule has 1 aromatic carbocycles. The Bertz CT molecular complexity index is 706. The average Bonchev–Trinajstić information content (AvgIpc) is 2.97. The molecule has 0 bridgehead atoms. The van der Waals surface area contributed by atoms with Crippen LogP contribution < -0.4 is 5.69 Å². The molecular formula is C19H28N4O. The van der Waals surface area contributed by atoms with Gasteiger partial charge < -0.3 is 0 Å². The molecule has 1 aliphatic heterocycles. The van der Waals surface area contributed by atoms with Gasteiger partial charge in [-0.1, -0.05) is 38.1 Å². The van der Waals surface area contributed by atoms with E-state index in [1.54, 1.807) is 4.57 Å². The van der Waals surface area contributed by atoms with Crippen molar-refractivity contribution in [2.24, 2.45) is 0 Å². The smallest absolute Gasteiger partial charge is 0.299 e. The maximum atomic E-state index is 11.7. The van der Waals surface area contributed by atoms with E-state index in [2.05, 4.69) is 53.2 Å². The molecular weight excluding hydrogens is 300 g/mol. The molecule has 0 spiro atoms. The number of aromatic nitrogens is 3. The predicted molar refractivity (Wildman–Crippen MR) is 96.3 cm³/mol. The standard InChI is InChI=1S/C19H28N4O/c1-4-23-18(20-21-19(23)24)17-9-11-22(12-10-17)13-15-5-7-16(8-6-15)14(2)3/h5-8,14,17H,4,9-13H2,1-3H3,(H,21,24). The van der Waals surface area contributed by atoms with Crippen LogP contribution in [0.5, 0.6) is 0 Å². The highest BCUT2D eigenvalue weighted by Gasteiger charge is 2.25. The molecule has 2 heterocycles. The minimum Gasteiger partial charge on any atom is -0.299 e. The van der Waals surface area contributed by atoms with Crippen LogP contribution in [0, 0.1) is 0 Å². The Labute approximate surface area is 143 Å². The molecule has 0 saturated carbocycles. The summed E-state index contributed by atoms with van der Waals surface area (Å²) < 4.78 is 1.77. The Morgan fingerprint density at radius 2 is 1.88 bits per heavy atom. The first kappa shape index (κ1) is 17.0. The first-order chi connectivity index (χ1) is 11.6. The fourth-order valence-corrected chi connectivity index (χ4v) is 3.56. The van der Waals surface area contributed by atoms with E-state index in [1.165, 1.54) is 11.1 Å². The van der Waals surface area contributed by atoms with E-state index >= 15 is 0 Å². The normalized spacial score (nSPS) is 16.8. The van der Waals surface area contributed by atoms with Crippen molar-refractivity contribution in [3.05, 3.63) is 51.7 Å². The minimum absolute atomic E-state index is 0.0832. The zero-order valence-electron chi connectivity index (χ0n) is 15.0. The molecule has 2 aromatic rings. The number of hydrogen-bond acceptors (Lipinski definition) is 3. The lowest BCUT2D eigenvalue weighted by molar-refractivity contribution is 0.200. The molecule has 1 aliphatic rings. The number of nitrogens with zero attached hydrogens (tertiary/aromatic N) is 3. The fourth-order valence-electron chi connectivity index (χ4n) is 3.56. The predicted octanol–water partition coefficient (Wildman–Crippen LogP) is 3.09. The van der Waals surface area contributed by atoms with Crippen LogP contribution in [-0.2, 0) is 13.1 Å². The van der Waals surface area contributed by atoms with E-state index in [-0.39, 0.29) is 5.69 Å². The lowest BCUT2D eigenvalue weighted by Crippen LogP contribution is -2.33. The van der Waals surface area contributed by atoms with Crippen molar-refractivity contribution in [2.45, 2.75) is 58.5 Å². The molecule has 1 aromatic heterocycles. The number of benzene rings is 1. The number of likely N-dealkylation sites (tertiary alicyclic amines) is 1. The summed E-state index contributed by atoms with van der Waals surface area (Å²) in [5, 5.41) is 6.85. The Morgan fingerprint density at radius 1 is 1.21 bits per heavy atom. The fraction of sp³-hybridized carbons (Fsp3) is 0.579. The topological polar surface area (TPSA) is 53.9 Å². The monoisotopic (exact) mass is 328 g/mol. The van der Waals surface area contributed by atoms with Crippen LogP contribution in [0.2, 0.25) is 0 Å². The lowest BCUT2D eigenvalue weighted by atomic mass is 9.95. The average molecular weight is 328 g/mol. The van der Waals surface area contributed by atoms with Gasteiger partial charge in [0.05, 0.1) is 0 Å². The molecule has 1 fully saturated rings. The summed E-state index contributed by atoms with van der Waals surface area (Å²) in [6, 6.07) is 9.00. The highest BCUT2D eigenvalue weighted by atomic mass is 16.1. The van der Waals surface area contributed by atoms with Crippen molar-refractivity contribution in [3.8, 4) is 0 Å². The Balaban J connectivity index is 1.58. The Morgan fingerprint density at radius 3 is 2.46 bits per heavy atom. The summed E-state index contributed by atoms with van der Waals surface area (Å²) >= 11 is 0. The number of nitrogens with one attached hydrogen (secondary N) is 1. The van der Waals surface area contributed by atoms with Crippen molar-refractivity contribution in [1.82, 2.24) is 19.7 Å². The molecule has 3 rings (SSSR count). The van der Waals surface area contributed by atoms with Gasteiger partial charge in [0.2, 0.25) is 0 Å². The molecule has 1 N–H and O–H groups in total. The third-order valence-corrected chi connectivity index (χ3v) is 5.11. The Hall–Kier alpha value is -1.88. The van der Waals surface area contributed by atoms with Crippen LogP contribution in [-0.4, -0.2) is 32.8 Å². The van der Waals surface area contributed by atoms with Gasteiger partial charge in [-0.25, -0.2) is 9.89 Å². The van der Waals surface area contributed by atoms with Gasteiger partial charge in [-0.3, -0.25) is 9.47 Å². The lowest BCUT2D eigenvalue weighted by Gasteiger charge is -2.31. The van der Waals surface area contributed by atoms with Gasteiger partial charge in [0.25, 0.3) is 0 Å². The van der Waals surface area contributed by atoms with Gasteiger partial charge in [-0.05, 0) is 49.9 Å². The maximum Gasteiger partial charge on any atom is 0.343 e. The Kier molecular flexibility index (Phi) is 5.19. The number of piperidine rings is 1. The van der Waals surface area contributed by atoms with E-state index in [4.69, 9.17) is 0 Å². The molecule has 1 saturated heterocycles. The zero-order valence-corrected chi connectivity index (χ0v) is 15.0. The molecule has 0 amide bonds. The third-order valence-electron chi connectivity index (χ3n) is 5.11. The van der Waals surface area contributed by atoms with Crippen molar-refractivity contribution < 1.29 is 0 Å². The van der Waals surface area contributed by atoms with Crippen LogP contribution in [0.3, 0.4) is 0 Å². The number of hydrogen-bond donors (Lipinski definition) is 1. The summed E-state index contributed by atoms with van der Waals surface area (Å²) in [5.41, 5.74) is 2.69. The van der Waals surface area contributed by atoms with Crippen LogP contribution in [0.25, 0.3) is 0 Å². The summed E-state index contributed by atoms with van der Waals surface area (Å²) in [6.45, 7) is 10.3. The van der Waals surface area contributed by atoms with Gasteiger partial charge in [-0.15, -0.1) is 0 Å². The number of rotatable bonds is 5. The second-order valence-electron chi connectivity index (χ2n) is 7.08. The molecule has 0 radical (unpaired) electrons. The van der Waals surface area contributed by atoms with Crippen molar-refractivity contribution >= 4 is 0 Å². The van der Waals surface area contributed by atoms with E-state index in [1.807, 2.05) is 6.92 Å². The van der Waals surface area contributed by atoms with Crippen LogP contribution in [0.1, 0.15) is 62.4 Å². The molecule has 0 atom stereocenters. The highest BCUT2D eigenvalue weighted by molar-refractivity contribution is 5.24. The maximum absolute atomic E-state index is 11.7. The zero-order chi connectivity index (χ0) is 17.1. The molecule has 130 valence electrons. The second-order valence-corrected chi connectivity index (χ2v) is 7.08. The van der Waals surface area contributed by atoms with Crippen LogP contribution in [0.4, 0.5) is 0 Å². The third kappa shape index (κ3) is 3.61. The van der Waals surface area contributed by atoms with Gasteiger partial charge >= 0.3 is 5.69 Å². The van der Waals surface area contributed by atoms with Gasteiger partial charge in [0, 0.05) is 19.0 Å². The van der Waals surface area contributed by atoms with E-state index in [0.717, 1.165) is 38.3 Å². The SMILES string of the molecule is CCn1c(C2CCN(Cc3ccc(C(C)C)cc3)CC2)n[nH]c1=O. The quantitative estimate of drug-likeness (QED) is 0.917. The van der Waals surface area contributed by atoms with Crippen molar-refractivity contribution in [1.29, 1.82) is 0 Å². The van der Waals surface area contributed by atoms with Gasteiger partial charge in [-0.2, -0.15) is 5.10 Å². The first-order valence-electron chi connectivity index (χ1n) is 9.04. The molecule has 5 nitrogen and oxygen atoms in total. The number of H-pyrrole nitrogens is 1. The second kappa shape index (κ2) is 7.34. The summed E-state index contributed by atoms with van der Waals surface area (Å²) in [6.07, 6.45) is 2.13. The molecule has 0 aliphatic carbocycles. The van der Waals surface area contributed by atoms with E-state index in [9.17, 15) is 4.79 Å². The van der Waals surface area contributed by atoms with E-state index < -0.39 is 0 Å².